The van der Waals surface area contributed by atoms with Crippen LogP contribution in [0, 0.1) is 22.7 Å². The van der Waals surface area contributed by atoms with E-state index in [-0.39, 0.29) is 24.0 Å². The monoisotopic (exact) mass is 226 g/mol. The van der Waals surface area contributed by atoms with Gasteiger partial charge in [-0.25, -0.2) is 0 Å². The van der Waals surface area contributed by atoms with Crippen LogP contribution in [0.4, 0.5) is 0 Å². The molecule has 0 spiro atoms. The van der Waals surface area contributed by atoms with Crippen molar-refractivity contribution in [1.82, 2.24) is 0 Å². The summed E-state index contributed by atoms with van der Waals surface area (Å²) < 4.78 is 0. The highest BCUT2D eigenvalue weighted by molar-refractivity contribution is 5.03. The fourth-order valence-electron chi connectivity index (χ4n) is 4.64. The van der Waals surface area contributed by atoms with Crippen molar-refractivity contribution >= 4 is 0 Å². The van der Waals surface area contributed by atoms with Crippen molar-refractivity contribution < 1.29 is 10.2 Å². The molecule has 0 aliphatic heterocycles. The van der Waals surface area contributed by atoms with Gasteiger partial charge in [0.1, 0.15) is 0 Å². The molecular weight excluding hydrogens is 200 g/mol. The molecule has 2 saturated carbocycles. The molecule has 16 heavy (non-hydrogen) atoms. The van der Waals surface area contributed by atoms with Crippen molar-refractivity contribution in [2.45, 2.75) is 59.0 Å². The Hall–Kier alpha value is -0.0800. The number of rotatable bonds is 1. The van der Waals surface area contributed by atoms with Gasteiger partial charge in [0.05, 0.1) is 6.10 Å². The first-order valence-corrected chi connectivity index (χ1v) is 6.71. The van der Waals surface area contributed by atoms with Gasteiger partial charge in [0.15, 0.2) is 0 Å². The van der Waals surface area contributed by atoms with Gasteiger partial charge < -0.3 is 10.2 Å². The van der Waals surface area contributed by atoms with Crippen LogP contribution in [0.15, 0.2) is 0 Å². The largest absolute Gasteiger partial charge is 0.396 e. The van der Waals surface area contributed by atoms with Crippen molar-refractivity contribution in [2.24, 2.45) is 22.7 Å². The predicted octanol–water partition coefficient (Wildman–Crippen LogP) is 2.58. The van der Waals surface area contributed by atoms with Crippen molar-refractivity contribution in [3.8, 4) is 0 Å². The zero-order valence-corrected chi connectivity index (χ0v) is 10.9. The molecule has 2 heteroatoms. The molecule has 0 radical (unpaired) electrons. The van der Waals surface area contributed by atoms with Crippen LogP contribution in [0.3, 0.4) is 0 Å². The van der Waals surface area contributed by atoms with E-state index in [4.69, 9.17) is 0 Å². The Morgan fingerprint density at radius 3 is 2.44 bits per heavy atom. The lowest BCUT2D eigenvalue weighted by atomic mass is 9.48. The van der Waals surface area contributed by atoms with E-state index in [1.807, 2.05) is 0 Å². The molecule has 0 bridgehead atoms. The molecule has 0 heterocycles. The number of aliphatic hydroxyl groups is 2. The minimum atomic E-state index is -0.292. The smallest absolute Gasteiger partial charge is 0.0595 e. The molecule has 2 fully saturated rings. The van der Waals surface area contributed by atoms with Crippen molar-refractivity contribution in [3.05, 3.63) is 0 Å². The molecule has 1 unspecified atom stereocenters. The highest BCUT2D eigenvalue weighted by Gasteiger charge is 2.54. The molecule has 0 aromatic heterocycles. The maximum absolute atomic E-state index is 10.1. The molecule has 0 saturated heterocycles. The summed E-state index contributed by atoms with van der Waals surface area (Å²) in [4.78, 5) is 0. The number of hydrogen-bond acceptors (Lipinski definition) is 2. The van der Waals surface area contributed by atoms with E-state index >= 15 is 0 Å². The fraction of sp³-hybridized carbons (Fsp3) is 1.00. The predicted molar refractivity (Wildman–Crippen MR) is 65.0 cm³/mol. The third-order valence-corrected chi connectivity index (χ3v) is 5.54. The second-order valence-corrected chi connectivity index (χ2v) is 6.83. The number of aliphatic hydroxyl groups excluding tert-OH is 2. The Bertz CT molecular complexity index is 261. The summed E-state index contributed by atoms with van der Waals surface area (Å²) in [5.74, 6) is 0.750. The van der Waals surface area contributed by atoms with Gasteiger partial charge in [0.25, 0.3) is 0 Å². The first-order valence-electron chi connectivity index (χ1n) is 6.71. The van der Waals surface area contributed by atoms with E-state index in [0.29, 0.717) is 11.3 Å². The van der Waals surface area contributed by atoms with Crippen LogP contribution in [-0.2, 0) is 0 Å². The first-order chi connectivity index (χ1) is 7.42. The van der Waals surface area contributed by atoms with Crippen molar-refractivity contribution in [1.29, 1.82) is 0 Å². The van der Waals surface area contributed by atoms with Gasteiger partial charge in [0.2, 0.25) is 0 Å². The summed E-state index contributed by atoms with van der Waals surface area (Å²) in [6, 6.07) is 0. The van der Waals surface area contributed by atoms with Gasteiger partial charge in [-0.05, 0) is 42.4 Å². The highest BCUT2D eigenvalue weighted by atomic mass is 16.3. The molecule has 0 aromatic rings. The first kappa shape index (κ1) is 12.4. The van der Waals surface area contributed by atoms with Gasteiger partial charge >= 0.3 is 0 Å². The maximum atomic E-state index is 10.1. The van der Waals surface area contributed by atoms with Crippen LogP contribution < -0.4 is 0 Å². The Morgan fingerprint density at radius 1 is 1.12 bits per heavy atom. The molecule has 0 amide bonds. The summed E-state index contributed by atoms with van der Waals surface area (Å²) in [7, 11) is 0. The summed E-state index contributed by atoms with van der Waals surface area (Å²) in [5, 5.41) is 19.7. The van der Waals surface area contributed by atoms with E-state index in [0.717, 1.165) is 12.8 Å². The van der Waals surface area contributed by atoms with Crippen LogP contribution in [0.2, 0.25) is 0 Å². The Labute approximate surface area is 99.1 Å². The normalized spacial score (nSPS) is 47.4. The average molecular weight is 226 g/mol. The van der Waals surface area contributed by atoms with Crippen LogP contribution in [0.1, 0.15) is 52.9 Å². The van der Waals surface area contributed by atoms with Gasteiger partial charge in [-0.1, -0.05) is 27.2 Å². The maximum Gasteiger partial charge on any atom is 0.0595 e. The molecule has 2 aliphatic rings. The number of hydrogen-bond donors (Lipinski definition) is 2. The summed E-state index contributed by atoms with van der Waals surface area (Å²) in [5.41, 5.74) is 0.523. The summed E-state index contributed by atoms with van der Waals surface area (Å²) in [6.07, 6.45) is 5.41. The Kier molecular flexibility index (Phi) is 3.09. The van der Waals surface area contributed by atoms with Crippen LogP contribution in [-0.4, -0.2) is 22.9 Å². The Balaban J connectivity index is 2.31. The van der Waals surface area contributed by atoms with Crippen molar-refractivity contribution in [3.63, 3.8) is 0 Å². The third kappa shape index (κ3) is 1.70. The molecule has 0 aromatic carbocycles. The van der Waals surface area contributed by atoms with Crippen LogP contribution in [0.25, 0.3) is 0 Å². The van der Waals surface area contributed by atoms with Crippen LogP contribution in [0.5, 0.6) is 0 Å². The average Bonchev–Trinajstić information content (AvgIpc) is 2.15. The van der Waals surface area contributed by atoms with E-state index in [1.54, 1.807) is 0 Å². The summed E-state index contributed by atoms with van der Waals surface area (Å²) in [6.45, 7) is 7.16. The topological polar surface area (TPSA) is 40.5 Å². The van der Waals surface area contributed by atoms with Gasteiger partial charge in [-0.15, -0.1) is 0 Å². The second-order valence-electron chi connectivity index (χ2n) is 6.83. The minimum absolute atomic E-state index is 0.0887. The molecule has 2 nitrogen and oxygen atoms in total. The van der Waals surface area contributed by atoms with Crippen molar-refractivity contribution in [2.75, 3.05) is 6.61 Å². The zero-order chi connectivity index (χ0) is 12.0. The molecule has 2 aliphatic carbocycles. The SMILES string of the molecule is CC1(C)CCC[C@]2(C)C1CC[C@@H](O)[C@@H]2CO. The highest BCUT2D eigenvalue weighted by Crippen LogP contribution is 2.59. The zero-order valence-electron chi connectivity index (χ0n) is 10.9. The van der Waals surface area contributed by atoms with Gasteiger partial charge in [-0.3, -0.25) is 0 Å². The van der Waals surface area contributed by atoms with E-state index in [2.05, 4.69) is 20.8 Å². The lowest BCUT2D eigenvalue weighted by Crippen LogP contribution is -2.54. The minimum Gasteiger partial charge on any atom is -0.396 e. The summed E-state index contributed by atoms with van der Waals surface area (Å²) >= 11 is 0. The lowest BCUT2D eigenvalue weighted by molar-refractivity contribution is -0.136. The number of fused-ring (bicyclic) bond motifs is 1. The quantitative estimate of drug-likeness (QED) is 0.721. The lowest BCUT2D eigenvalue weighted by Gasteiger charge is -2.58. The van der Waals surface area contributed by atoms with Gasteiger partial charge in [-0.2, -0.15) is 0 Å². The molecule has 2 rings (SSSR count). The standard InChI is InChI=1S/C14H26O2/c1-13(2)7-4-8-14(3)10(9-15)11(16)5-6-12(13)14/h10-12,15-16H,4-9H2,1-3H3/t10-,11+,12?,14-/m0/s1. The molecule has 2 N–H and O–H groups in total. The second kappa shape index (κ2) is 3.99. The van der Waals surface area contributed by atoms with Gasteiger partial charge in [0, 0.05) is 12.5 Å². The molecular formula is C14H26O2. The van der Waals surface area contributed by atoms with Crippen LogP contribution >= 0.6 is 0 Å². The fourth-order valence-corrected chi connectivity index (χ4v) is 4.64. The molecule has 94 valence electrons. The molecule has 4 atom stereocenters. The third-order valence-electron chi connectivity index (χ3n) is 5.54. The Morgan fingerprint density at radius 2 is 1.81 bits per heavy atom. The van der Waals surface area contributed by atoms with E-state index < -0.39 is 0 Å². The van der Waals surface area contributed by atoms with E-state index in [1.165, 1.54) is 19.3 Å². The van der Waals surface area contributed by atoms with E-state index in [9.17, 15) is 10.2 Å².